The number of allylic oxidation sites excluding steroid dienone is 1. The first-order valence-electron chi connectivity index (χ1n) is 10.4. The maximum absolute atomic E-state index is 13.5. The van der Waals surface area contributed by atoms with Crippen LogP contribution in [0.5, 0.6) is 11.5 Å². The molecule has 0 saturated heterocycles. The van der Waals surface area contributed by atoms with Crippen LogP contribution >= 0.6 is 0 Å². The first kappa shape index (κ1) is 20.8. The number of fused-ring (bicyclic) bond motifs is 1. The van der Waals surface area contributed by atoms with Crippen LogP contribution in [0.2, 0.25) is 0 Å². The Balaban J connectivity index is 1.86. The summed E-state index contributed by atoms with van der Waals surface area (Å²) in [5, 5.41) is 0. The normalized spacial score (nSPS) is 14.5. The summed E-state index contributed by atoms with van der Waals surface area (Å²) < 4.78 is 13.1. The Bertz CT molecular complexity index is 1100. The molecule has 0 bridgehead atoms. The lowest BCUT2D eigenvalue weighted by molar-refractivity contribution is 0.101. The van der Waals surface area contributed by atoms with Crippen LogP contribution in [0.4, 0.5) is 0 Å². The minimum absolute atomic E-state index is 0.104. The van der Waals surface area contributed by atoms with Crippen molar-refractivity contribution in [2.45, 2.75) is 19.4 Å². The van der Waals surface area contributed by atoms with Crippen molar-refractivity contribution < 1.29 is 14.3 Å². The minimum atomic E-state index is 0.104. The van der Waals surface area contributed by atoms with E-state index < -0.39 is 0 Å². The van der Waals surface area contributed by atoms with Gasteiger partial charge in [0.15, 0.2) is 0 Å². The molecule has 0 N–H and O–H groups in total. The molecule has 0 unspecified atom stereocenters. The Morgan fingerprint density at radius 3 is 2.26 bits per heavy atom. The summed E-state index contributed by atoms with van der Waals surface area (Å²) in [7, 11) is 7.19. The van der Waals surface area contributed by atoms with Gasteiger partial charge in [-0.05, 0) is 47.7 Å². The third kappa shape index (κ3) is 4.22. The van der Waals surface area contributed by atoms with E-state index in [0.29, 0.717) is 6.54 Å². The molecule has 1 heterocycles. The van der Waals surface area contributed by atoms with Crippen LogP contribution in [0.1, 0.15) is 28.0 Å². The molecule has 0 spiro atoms. The summed E-state index contributed by atoms with van der Waals surface area (Å²) in [5.74, 6) is 1.57. The van der Waals surface area contributed by atoms with Gasteiger partial charge >= 0.3 is 0 Å². The maximum Gasteiger partial charge on any atom is 0.207 e. The van der Waals surface area contributed by atoms with Crippen LogP contribution in [0, 0.1) is 0 Å². The van der Waals surface area contributed by atoms with Gasteiger partial charge < -0.3 is 18.9 Å². The Labute approximate surface area is 183 Å². The van der Waals surface area contributed by atoms with Crippen molar-refractivity contribution in [3.05, 3.63) is 83.2 Å². The summed E-state index contributed by atoms with van der Waals surface area (Å²) >= 11 is 0. The number of rotatable bonds is 6. The fourth-order valence-corrected chi connectivity index (χ4v) is 4.19. The number of carbonyl (C=O) groups is 1. The highest BCUT2D eigenvalue weighted by molar-refractivity contribution is 6.10. The molecule has 5 nitrogen and oxygen atoms in total. The Hall–Kier alpha value is -3.47. The van der Waals surface area contributed by atoms with Gasteiger partial charge in [0.25, 0.3) is 0 Å². The third-order valence-electron chi connectivity index (χ3n) is 5.58. The number of aryl methyl sites for hydroxylation is 1. The molecular formula is C26H28N2O3. The number of nitrogens with zero attached hydrogens (tertiary/aromatic N) is 2. The zero-order valence-corrected chi connectivity index (χ0v) is 18.5. The minimum Gasteiger partial charge on any atom is -0.497 e. The van der Waals surface area contributed by atoms with Crippen LogP contribution in [0.3, 0.4) is 0 Å². The second-order valence-electron chi connectivity index (χ2n) is 8.02. The summed E-state index contributed by atoms with van der Waals surface area (Å²) in [6.45, 7) is 0.550. The first-order valence-corrected chi connectivity index (χ1v) is 10.4. The third-order valence-corrected chi connectivity index (χ3v) is 5.58. The molecular weight excluding hydrogens is 388 g/mol. The fraction of sp³-hybridized carbons (Fsp3) is 0.269. The van der Waals surface area contributed by atoms with Gasteiger partial charge in [0, 0.05) is 44.2 Å². The summed E-state index contributed by atoms with van der Waals surface area (Å²) in [6.07, 6.45) is 3.56. The lowest BCUT2D eigenvalue weighted by Crippen LogP contribution is -2.20. The van der Waals surface area contributed by atoms with Gasteiger partial charge in [0.1, 0.15) is 11.5 Å². The molecule has 160 valence electrons. The summed E-state index contributed by atoms with van der Waals surface area (Å²) in [4.78, 5) is 15.4. The number of hydrogen-bond donors (Lipinski definition) is 0. The smallest absolute Gasteiger partial charge is 0.207 e. The highest BCUT2D eigenvalue weighted by atomic mass is 16.5. The average molecular weight is 417 g/mol. The van der Waals surface area contributed by atoms with Gasteiger partial charge in [0.2, 0.25) is 5.78 Å². The van der Waals surface area contributed by atoms with E-state index in [1.807, 2.05) is 61.6 Å². The molecule has 4 rings (SSSR count). The predicted octanol–water partition coefficient (Wildman–Crippen LogP) is 4.80. The zero-order valence-electron chi connectivity index (χ0n) is 18.5. The fourth-order valence-electron chi connectivity index (χ4n) is 4.19. The SMILES string of the molecule is COc1cc(Cn2c(-c3ccccc3)cc3c2C(=O)/C(=C\N(C)C)CC3)cc(OC)c1. The van der Waals surface area contributed by atoms with Crippen molar-refractivity contribution in [3.8, 4) is 22.8 Å². The Morgan fingerprint density at radius 2 is 1.65 bits per heavy atom. The molecule has 0 saturated carbocycles. The summed E-state index contributed by atoms with van der Waals surface area (Å²) in [6, 6.07) is 18.3. The van der Waals surface area contributed by atoms with Gasteiger partial charge in [-0.1, -0.05) is 30.3 Å². The van der Waals surface area contributed by atoms with Crippen molar-refractivity contribution >= 4 is 5.78 Å². The lowest BCUT2D eigenvalue weighted by atomic mass is 9.92. The second-order valence-corrected chi connectivity index (χ2v) is 8.02. The number of benzene rings is 2. The number of ether oxygens (including phenoxy) is 2. The molecule has 0 radical (unpaired) electrons. The van der Waals surface area contributed by atoms with Crippen molar-refractivity contribution in [1.29, 1.82) is 0 Å². The molecule has 3 aromatic rings. The number of Topliss-reactive ketones (excluding diaryl/α,β-unsaturated/α-hetero) is 1. The molecule has 31 heavy (non-hydrogen) atoms. The predicted molar refractivity (Wildman–Crippen MR) is 123 cm³/mol. The molecule has 5 heteroatoms. The van der Waals surface area contributed by atoms with E-state index in [4.69, 9.17) is 9.47 Å². The van der Waals surface area contributed by atoms with Gasteiger partial charge in [-0.3, -0.25) is 4.79 Å². The first-order chi connectivity index (χ1) is 15.0. The highest BCUT2D eigenvalue weighted by Gasteiger charge is 2.28. The van der Waals surface area contributed by atoms with E-state index in [0.717, 1.165) is 58.0 Å². The van der Waals surface area contributed by atoms with E-state index in [1.165, 1.54) is 0 Å². The standard InChI is InChI=1S/C26H28N2O3/c1-27(2)17-21-11-10-20-14-24(19-8-6-5-7-9-19)28(25(20)26(21)29)16-18-12-22(30-3)15-23(13-18)31-4/h5-9,12-15,17H,10-11,16H2,1-4H3/b21-17-. The van der Waals surface area contributed by atoms with Gasteiger partial charge in [0.05, 0.1) is 19.9 Å². The number of hydrogen-bond acceptors (Lipinski definition) is 4. The number of ketones is 1. The highest BCUT2D eigenvalue weighted by Crippen LogP contribution is 2.34. The monoisotopic (exact) mass is 416 g/mol. The zero-order chi connectivity index (χ0) is 22.0. The van der Waals surface area contributed by atoms with Gasteiger partial charge in [-0.2, -0.15) is 0 Å². The second kappa shape index (κ2) is 8.72. The van der Waals surface area contributed by atoms with Crippen LogP contribution in [-0.4, -0.2) is 43.6 Å². The molecule has 0 aliphatic heterocycles. The summed E-state index contributed by atoms with van der Waals surface area (Å²) in [5.41, 5.74) is 5.89. The number of aromatic nitrogens is 1. The maximum atomic E-state index is 13.5. The van der Waals surface area contributed by atoms with E-state index in [2.05, 4.69) is 22.8 Å². The molecule has 0 amide bonds. The molecule has 1 aromatic heterocycles. The van der Waals surface area contributed by atoms with Crippen molar-refractivity contribution in [1.82, 2.24) is 9.47 Å². The van der Waals surface area contributed by atoms with Crippen molar-refractivity contribution in [2.24, 2.45) is 0 Å². The van der Waals surface area contributed by atoms with E-state index in [9.17, 15) is 4.79 Å². The van der Waals surface area contributed by atoms with Crippen molar-refractivity contribution in [2.75, 3.05) is 28.3 Å². The lowest BCUT2D eigenvalue weighted by Gasteiger charge is -2.20. The van der Waals surface area contributed by atoms with Gasteiger partial charge in [-0.15, -0.1) is 0 Å². The number of methoxy groups -OCH3 is 2. The molecule has 2 aromatic carbocycles. The van der Waals surface area contributed by atoms with Gasteiger partial charge in [-0.25, -0.2) is 0 Å². The van der Waals surface area contributed by atoms with Crippen molar-refractivity contribution in [3.63, 3.8) is 0 Å². The molecule has 0 atom stereocenters. The van der Waals surface area contributed by atoms with E-state index in [-0.39, 0.29) is 5.78 Å². The van der Waals surface area contributed by atoms with Crippen LogP contribution in [-0.2, 0) is 13.0 Å². The number of carbonyl (C=O) groups excluding carboxylic acids is 1. The van der Waals surface area contributed by atoms with Crippen LogP contribution < -0.4 is 9.47 Å². The topological polar surface area (TPSA) is 43.7 Å². The Kier molecular flexibility index (Phi) is 5.85. The largest absolute Gasteiger partial charge is 0.497 e. The quantitative estimate of drug-likeness (QED) is 0.542. The van der Waals surface area contributed by atoms with E-state index >= 15 is 0 Å². The van der Waals surface area contributed by atoms with E-state index in [1.54, 1.807) is 14.2 Å². The Morgan fingerprint density at radius 1 is 0.968 bits per heavy atom. The van der Waals surface area contributed by atoms with Crippen LogP contribution in [0.25, 0.3) is 11.3 Å². The van der Waals surface area contributed by atoms with Crippen LogP contribution in [0.15, 0.2) is 66.4 Å². The molecule has 1 aliphatic carbocycles. The molecule has 1 aliphatic rings. The average Bonchev–Trinajstić information content (AvgIpc) is 3.14. The molecule has 0 fully saturated rings.